The van der Waals surface area contributed by atoms with Crippen molar-refractivity contribution in [1.29, 1.82) is 0 Å². The van der Waals surface area contributed by atoms with E-state index < -0.39 is 0 Å². The number of hydrogen-bond acceptors (Lipinski definition) is 3. The summed E-state index contributed by atoms with van der Waals surface area (Å²) < 4.78 is 9.26. The number of nitrogens with one attached hydrogen (secondary N) is 1. The van der Waals surface area contributed by atoms with Crippen LogP contribution in [0.2, 0.25) is 0 Å². The van der Waals surface area contributed by atoms with Crippen LogP contribution in [0.15, 0.2) is 35.1 Å². The molecule has 0 radical (unpaired) electrons. The smallest absolute Gasteiger partial charge is 0.129 e. The molecular weight excluding hydrogens is 330 g/mol. The Morgan fingerprint density at radius 3 is 3.10 bits per heavy atom. The van der Waals surface area contributed by atoms with E-state index in [9.17, 15) is 0 Å². The summed E-state index contributed by atoms with van der Waals surface area (Å²) in [5, 5.41) is 7.80. The first kappa shape index (κ1) is 14.6. The number of benzene rings is 1. The number of nitrogens with zero attached hydrogens (tertiary/aromatic N) is 2. The van der Waals surface area contributed by atoms with Gasteiger partial charge in [0.2, 0.25) is 0 Å². The Morgan fingerprint density at radius 2 is 2.33 bits per heavy atom. The lowest BCUT2D eigenvalue weighted by molar-refractivity contribution is 0.153. The molecule has 0 spiro atoms. The summed E-state index contributed by atoms with van der Waals surface area (Å²) in [5.74, 6) is 0.956. The molecule has 5 heteroatoms. The monoisotopic (exact) mass is 349 g/mol. The number of rotatable bonds is 4. The molecule has 1 aliphatic heterocycles. The van der Waals surface area contributed by atoms with E-state index in [1.807, 2.05) is 30.1 Å². The summed E-state index contributed by atoms with van der Waals surface area (Å²) in [6.45, 7) is 3.11. The molecule has 2 atom stereocenters. The van der Waals surface area contributed by atoms with E-state index in [4.69, 9.17) is 4.74 Å². The molecule has 0 saturated carbocycles. The van der Waals surface area contributed by atoms with Crippen LogP contribution < -0.4 is 10.1 Å². The molecule has 4 nitrogen and oxygen atoms in total. The van der Waals surface area contributed by atoms with Crippen molar-refractivity contribution in [2.75, 3.05) is 7.05 Å². The molecule has 2 unspecified atom stereocenters. The molecule has 0 aliphatic carbocycles. The molecule has 0 bridgehead atoms. The first-order chi connectivity index (χ1) is 10.2. The highest BCUT2D eigenvalue weighted by molar-refractivity contribution is 9.10. The average molecular weight is 350 g/mol. The van der Waals surface area contributed by atoms with Crippen molar-refractivity contribution < 1.29 is 4.74 Å². The Bertz CT molecular complexity index is 626. The van der Waals surface area contributed by atoms with Crippen LogP contribution in [0.1, 0.15) is 43.0 Å². The lowest BCUT2D eigenvalue weighted by Gasteiger charge is -2.31. The number of halogens is 1. The van der Waals surface area contributed by atoms with Gasteiger partial charge in [0.1, 0.15) is 11.9 Å². The number of ether oxygens (including phenoxy) is 1. The first-order valence-corrected chi connectivity index (χ1v) is 8.16. The van der Waals surface area contributed by atoms with Crippen molar-refractivity contribution in [3.63, 3.8) is 0 Å². The van der Waals surface area contributed by atoms with Crippen molar-refractivity contribution in [3.8, 4) is 5.75 Å². The molecule has 0 amide bonds. The SMILES string of the molecule is CCCn1cc(C2CC(NC)c3cc(Br)ccc3O2)cn1. The third kappa shape index (κ3) is 2.99. The Labute approximate surface area is 133 Å². The summed E-state index contributed by atoms with van der Waals surface area (Å²) in [5.41, 5.74) is 2.36. The highest BCUT2D eigenvalue weighted by Crippen LogP contribution is 2.41. The van der Waals surface area contributed by atoms with E-state index in [2.05, 4.69) is 45.5 Å². The van der Waals surface area contributed by atoms with Gasteiger partial charge in [-0.15, -0.1) is 0 Å². The number of fused-ring (bicyclic) bond motifs is 1. The van der Waals surface area contributed by atoms with Crippen LogP contribution in [0.4, 0.5) is 0 Å². The van der Waals surface area contributed by atoms with Gasteiger partial charge < -0.3 is 10.1 Å². The van der Waals surface area contributed by atoms with Crippen LogP contribution in [0, 0.1) is 0 Å². The van der Waals surface area contributed by atoms with Gasteiger partial charge in [0, 0.05) is 40.8 Å². The summed E-state index contributed by atoms with van der Waals surface area (Å²) in [7, 11) is 2.00. The van der Waals surface area contributed by atoms with E-state index in [0.717, 1.165) is 35.2 Å². The van der Waals surface area contributed by atoms with Gasteiger partial charge in [-0.25, -0.2) is 0 Å². The van der Waals surface area contributed by atoms with Crippen LogP contribution in [-0.2, 0) is 6.54 Å². The van der Waals surface area contributed by atoms with Crippen molar-refractivity contribution in [3.05, 3.63) is 46.2 Å². The van der Waals surface area contributed by atoms with Gasteiger partial charge in [-0.05, 0) is 31.7 Å². The third-order valence-corrected chi connectivity index (χ3v) is 4.39. The Kier molecular flexibility index (Phi) is 4.31. The van der Waals surface area contributed by atoms with Gasteiger partial charge in [0.25, 0.3) is 0 Å². The standard InChI is InChI=1S/C16H20BrN3O/c1-3-6-20-10-11(9-19-20)16-8-14(18-2)13-7-12(17)4-5-15(13)21-16/h4-5,7,9-10,14,16,18H,3,6,8H2,1-2H3. The molecular formula is C16H20BrN3O. The maximum atomic E-state index is 6.18. The third-order valence-electron chi connectivity index (χ3n) is 3.89. The van der Waals surface area contributed by atoms with Gasteiger partial charge in [0.15, 0.2) is 0 Å². The maximum Gasteiger partial charge on any atom is 0.129 e. The minimum absolute atomic E-state index is 0.0572. The second-order valence-electron chi connectivity index (χ2n) is 5.40. The number of hydrogen-bond donors (Lipinski definition) is 1. The zero-order chi connectivity index (χ0) is 14.8. The first-order valence-electron chi connectivity index (χ1n) is 7.37. The fourth-order valence-electron chi connectivity index (χ4n) is 2.82. The number of aryl methyl sites for hydroxylation is 1. The van der Waals surface area contributed by atoms with Crippen LogP contribution in [-0.4, -0.2) is 16.8 Å². The van der Waals surface area contributed by atoms with Gasteiger partial charge in [-0.3, -0.25) is 4.68 Å². The van der Waals surface area contributed by atoms with Gasteiger partial charge in [0.05, 0.1) is 6.20 Å². The zero-order valence-electron chi connectivity index (χ0n) is 12.3. The molecule has 2 heterocycles. The van der Waals surface area contributed by atoms with E-state index in [1.54, 1.807) is 0 Å². The van der Waals surface area contributed by atoms with Gasteiger partial charge in [-0.2, -0.15) is 5.10 Å². The predicted octanol–water partition coefficient (Wildman–Crippen LogP) is 3.84. The Hall–Kier alpha value is -1.33. The second kappa shape index (κ2) is 6.20. The molecule has 1 aliphatic rings. The Balaban J connectivity index is 1.87. The summed E-state index contributed by atoms with van der Waals surface area (Å²) in [6, 6.07) is 6.49. The van der Waals surface area contributed by atoms with Crippen LogP contribution in [0.25, 0.3) is 0 Å². The van der Waals surface area contributed by atoms with Crippen molar-refractivity contribution in [2.45, 2.75) is 38.5 Å². The van der Waals surface area contributed by atoms with E-state index >= 15 is 0 Å². The normalized spacial score (nSPS) is 20.9. The minimum Gasteiger partial charge on any atom is -0.485 e. The molecule has 3 rings (SSSR count). The van der Waals surface area contributed by atoms with E-state index in [1.165, 1.54) is 5.56 Å². The highest BCUT2D eigenvalue weighted by atomic mass is 79.9. The highest BCUT2D eigenvalue weighted by Gasteiger charge is 2.29. The van der Waals surface area contributed by atoms with Gasteiger partial charge >= 0.3 is 0 Å². The van der Waals surface area contributed by atoms with Crippen LogP contribution >= 0.6 is 15.9 Å². The molecule has 2 aromatic rings. The van der Waals surface area contributed by atoms with Crippen LogP contribution in [0.5, 0.6) is 5.75 Å². The van der Waals surface area contributed by atoms with E-state index in [0.29, 0.717) is 6.04 Å². The lowest BCUT2D eigenvalue weighted by atomic mass is 9.94. The Morgan fingerprint density at radius 1 is 1.48 bits per heavy atom. The average Bonchev–Trinajstić information content (AvgIpc) is 2.95. The van der Waals surface area contributed by atoms with Gasteiger partial charge in [-0.1, -0.05) is 22.9 Å². The number of aromatic nitrogens is 2. The zero-order valence-corrected chi connectivity index (χ0v) is 13.9. The molecule has 1 aromatic heterocycles. The lowest BCUT2D eigenvalue weighted by Crippen LogP contribution is -2.26. The minimum atomic E-state index is 0.0572. The topological polar surface area (TPSA) is 39.1 Å². The largest absolute Gasteiger partial charge is 0.485 e. The summed E-state index contributed by atoms with van der Waals surface area (Å²) in [6.07, 6.45) is 6.09. The quantitative estimate of drug-likeness (QED) is 0.911. The van der Waals surface area contributed by atoms with Crippen molar-refractivity contribution in [2.24, 2.45) is 0 Å². The molecule has 1 aromatic carbocycles. The fourth-order valence-corrected chi connectivity index (χ4v) is 3.19. The van der Waals surface area contributed by atoms with Crippen molar-refractivity contribution >= 4 is 15.9 Å². The molecule has 0 saturated heterocycles. The molecule has 0 fully saturated rings. The fraction of sp³-hybridized carbons (Fsp3) is 0.438. The molecule has 1 N–H and O–H groups in total. The summed E-state index contributed by atoms with van der Waals surface area (Å²) in [4.78, 5) is 0. The molecule has 21 heavy (non-hydrogen) atoms. The predicted molar refractivity (Wildman–Crippen MR) is 86.4 cm³/mol. The van der Waals surface area contributed by atoms with Crippen LogP contribution in [0.3, 0.4) is 0 Å². The maximum absolute atomic E-state index is 6.18. The van der Waals surface area contributed by atoms with Crippen molar-refractivity contribution in [1.82, 2.24) is 15.1 Å². The van der Waals surface area contributed by atoms with E-state index in [-0.39, 0.29) is 6.10 Å². The second-order valence-corrected chi connectivity index (χ2v) is 6.32. The molecule has 112 valence electrons. The summed E-state index contributed by atoms with van der Waals surface area (Å²) >= 11 is 3.53.